The molecule has 14 heteroatoms. The van der Waals surface area contributed by atoms with Crippen molar-refractivity contribution in [2.75, 3.05) is 26.2 Å². The smallest absolute Gasteiger partial charge is 0.425 e. The molecule has 1 fully saturated rings. The molecule has 0 bridgehead atoms. The van der Waals surface area contributed by atoms with Crippen LogP contribution in [-0.4, -0.2) is 78.4 Å². The van der Waals surface area contributed by atoms with Crippen molar-refractivity contribution in [2.24, 2.45) is 0 Å². The number of ether oxygens (including phenoxy) is 2. The number of carbonyl (C=O) groups is 6. The van der Waals surface area contributed by atoms with Crippen molar-refractivity contribution >= 4 is 36.0 Å². The van der Waals surface area contributed by atoms with Crippen LogP contribution in [0.15, 0.2) is 30.3 Å². The number of hydrogen-bond acceptors (Lipinski definition) is 9. The highest BCUT2D eigenvalue weighted by molar-refractivity contribution is 5.94. The first-order chi connectivity index (χ1) is 17.8. The molecule has 1 aromatic rings. The highest BCUT2D eigenvalue weighted by Crippen LogP contribution is 2.16. The van der Waals surface area contributed by atoms with Crippen molar-refractivity contribution in [3.8, 4) is 0 Å². The van der Waals surface area contributed by atoms with Gasteiger partial charge >= 0.3 is 24.1 Å². The van der Waals surface area contributed by atoms with Gasteiger partial charge in [0.1, 0.15) is 24.9 Å². The van der Waals surface area contributed by atoms with Crippen LogP contribution in [0.1, 0.15) is 39.2 Å². The van der Waals surface area contributed by atoms with E-state index in [-0.39, 0.29) is 32.7 Å². The summed E-state index contributed by atoms with van der Waals surface area (Å²) in [6.07, 6.45) is -3.73. The van der Waals surface area contributed by atoms with Crippen molar-refractivity contribution in [3.63, 3.8) is 0 Å². The summed E-state index contributed by atoms with van der Waals surface area (Å²) in [6.45, 7) is 4.01. The number of imide groups is 1. The molecule has 1 aliphatic heterocycles. The van der Waals surface area contributed by atoms with Crippen LogP contribution >= 0.6 is 0 Å². The summed E-state index contributed by atoms with van der Waals surface area (Å²) in [5, 5.41) is 20.6. The lowest BCUT2D eigenvalue weighted by Crippen LogP contribution is -2.61. The van der Waals surface area contributed by atoms with Crippen molar-refractivity contribution in [1.29, 1.82) is 0 Å². The molecule has 1 saturated heterocycles. The third kappa shape index (κ3) is 9.69. The van der Waals surface area contributed by atoms with Crippen LogP contribution in [0.3, 0.4) is 0 Å². The van der Waals surface area contributed by atoms with Crippen LogP contribution in [0.5, 0.6) is 0 Å². The maximum Gasteiger partial charge on any atom is 0.425 e. The molecule has 2 atom stereocenters. The van der Waals surface area contributed by atoms with Crippen LogP contribution in [0.4, 0.5) is 14.4 Å². The standard InChI is InChI=1S/C24H33N5O9/c1-24(2,3)38-22(35)25-10-7-11-29(19(31)13-26-21(29)34)14-18(30)27-17(12-20(32)33)28-23(36)37-15-16-8-5-4-6-9-16/h4-6,8-9,17H,7,10-15H2,1-3H3,(H4-,25,26,27,28,30,32,33,34,35,36). The van der Waals surface area contributed by atoms with Crippen LogP contribution in [0.25, 0.3) is 0 Å². The number of nitrogens with one attached hydrogen (secondary N) is 4. The summed E-state index contributed by atoms with van der Waals surface area (Å²) < 4.78 is 9.28. The Kier molecular flexibility index (Phi) is 10.6. The monoisotopic (exact) mass is 535 g/mol. The Hall–Kier alpha value is -4.20. The Morgan fingerprint density at radius 3 is 2.34 bits per heavy atom. The topological polar surface area (TPSA) is 192 Å². The zero-order valence-electron chi connectivity index (χ0n) is 21.5. The molecule has 1 aliphatic rings. The molecule has 0 spiro atoms. The van der Waals surface area contributed by atoms with Gasteiger partial charge in [-0.25, -0.2) is 19.2 Å². The predicted molar refractivity (Wildman–Crippen MR) is 129 cm³/mol. The van der Waals surface area contributed by atoms with E-state index in [2.05, 4.69) is 21.3 Å². The summed E-state index contributed by atoms with van der Waals surface area (Å²) in [4.78, 5) is 73.1. The number of benzene rings is 1. The van der Waals surface area contributed by atoms with E-state index in [1.54, 1.807) is 51.1 Å². The average Bonchev–Trinajstić information content (AvgIpc) is 3.08. The minimum absolute atomic E-state index is 0.0687. The van der Waals surface area contributed by atoms with Gasteiger partial charge in [-0.15, -0.1) is 0 Å². The van der Waals surface area contributed by atoms with Gasteiger partial charge in [0, 0.05) is 25.4 Å². The van der Waals surface area contributed by atoms with Crippen molar-refractivity contribution in [3.05, 3.63) is 35.9 Å². The SMILES string of the molecule is CC(C)(C)OC(=O)NCCC[N+]1(CC(=O)NC(CC(=O)[O-])NC(=O)OCc2ccccc2)C(=O)CNC1=O. The molecule has 0 aromatic heterocycles. The molecule has 208 valence electrons. The predicted octanol–water partition coefficient (Wildman–Crippen LogP) is -0.523. The van der Waals surface area contributed by atoms with E-state index in [0.717, 1.165) is 0 Å². The molecule has 0 saturated carbocycles. The summed E-state index contributed by atoms with van der Waals surface area (Å²) >= 11 is 0. The lowest BCUT2D eigenvalue weighted by Gasteiger charge is -2.28. The number of rotatable bonds is 12. The molecule has 0 aliphatic carbocycles. The van der Waals surface area contributed by atoms with Gasteiger partial charge in [0.15, 0.2) is 6.54 Å². The first-order valence-corrected chi connectivity index (χ1v) is 11.9. The number of urea groups is 1. The third-order valence-electron chi connectivity index (χ3n) is 5.27. The van der Waals surface area contributed by atoms with Gasteiger partial charge in [-0.3, -0.25) is 10.1 Å². The number of nitrogens with zero attached hydrogens (tertiary/aromatic N) is 1. The molecule has 0 radical (unpaired) electrons. The van der Waals surface area contributed by atoms with E-state index in [9.17, 15) is 33.9 Å². The van der Waals surface area contributed by atoms with Gasteiger partial charge in [0.05, 0.1) is 6.54 Å². The molecule has 6 amide bonds. The van der Waals surface area contributed by atoms with Crippen molar-refractivity contribution in [1.82, 2.24) is 21.3 Å². The first kappa shape index (κ1) is 30.0. The van der Waals surface area contributed by atoms with Gasteiger partial charge in [0.2, 0.25) is 0 Å². The van der Waals surface area contributed by atoms with Crippen molar-refractivity contribution < 1.29 is 47.8 Å². The van der Waals surface area contributed by atoms with Crippen molar-refractivity contribution in [2.45, 2.75) is 52.0 Å². The Labute approximate surface area is 219 Å². The summed E-state index contributed by atoms with van der Waals surface area (Å²) in [7, 11) is 0. The maximum atomic E-state index is 12.8. The second kappa shape index (κ2) is 13.4. The van der Waals surface area contributed by atoms with Gasteiger partial charge < -0.3 is 35.3 Å². The number of carboxylic acid groups (broad SMARTS) is 1. The second-order valence-electron chi connectivity index (χ2n) is 9.59. The van der Waals surface area contributed by atoms with E-state index in [1.807, 2.05) is 0 Å². The fourth-order valence-corrected chi connectivity index (χ4v) is 3.58. The molecule has 14 nitrogen and oxygen atoms in total. The molecule has 1 aromatic carbocycles. The molecule has 2 unspecified atom stereocenters. The van der Waals surface area contributed by atoms with Gasteiger partial charge in [-0.2, -0.15) is 4.48 Å². The number of quaternary nitrogens is 1. The Bertz CT molecular complexity index is 1020. The Morgan fingerprint density at radius 2 is 1.76 bits per heavy atom. The minimum atomic E-state index is -1.56. The number of carbonyl (C=O) groups excluding carboxylic acids is 6. The molecule has 4 N–H and O–H groups in total. The zero-order chi connectivity index (χ0) is 28.3. The van der Waals surface area contributed by atoms with E-state index in [0.29, 0.717) is 5.56 Å². The minimum Gasteiger partial charge on any atom is -0.550 e. The van der Waals surface area contributed by atoms with Gasteiger partial charge in [0.25, 0.3) is 5.91 Å². The Morgan fingerprint density at radius 1 is 1.08 bits per heavy atom. The molecular formula is C24H33N5O9. The molecule has 38 heavy (non-hydrogen) atoms. The fourth-order valence-electron chi connectivity index (χ4n) is 3.58. The van der Waals surface area contributed by atoms with Crippen LogP contribution in [0.2, 0.25) is 0 Å². The number of hydrogen-bond donors (Lipinski definition) is 4. The van der Waals surface area contributed by atoms with Gasteiger partial charge in [-0.05, 0) is 26.3 Å². The number of carboxylic acids is 1. The Balaban J connectivity index is 1.97. The molecule has 1 heterocycles. The first-order valence-electron chi connectivity index (χ1n) is 11.9. The second-order valence-corrected chi connectivity index (χ2v) is 9.59. The molecular weight excluding hydrogens is 502 g/mol. The third-order valence-corrected chi connectivity index (χ3v) is 5.27. The highest BCUT2D eigenvalue weighted by atomic mass is 16.6. The summed E-state index contributed by atoms with van der Waals surface area (Å²) in [6, 6.07) is 8.01. The molecule has 2 rings (SSSR count). The summed E-state index contributed by atoms with van der Waals surface area (Å²) in [5.74, 6) is -3.01. The number of aliphatic carboxylic acids is 1. The van der Waals surface area contributed by atoms with E-state index < -0.39 is 65.2 Å². The van der Waals surface area contributed by atoms with E-state index in [1.165, 1.54) is 0 Å². The van der Waals surface area contributed by atoms with E-state index in [4.69, 9.17) is 9.47 Å². The van der Waals surface area contributed by atoms with Crippen LogP contribution in [0, 0.1) is 0 Å². The van der Waals surface area contributed by atoms with Crippen LogP contribution in [-0.2, 0) is 30.5 Å². The number of alkyl carbamates (subject to hydrolysis) is 2. The van der Waals surface area contributed by atoms with Gasteiger partial charge in [-0.1, -0.05) is 30.3 Å². The lowest BCUT2D eigenvalue weighted by molar-refractivity contribution is -0.759. The summed E-state index contributed by atoms with van der Waals surface area (Å²) in [5.41, 5.74) is -0.0144. The normalized spacial score (nSPS) is 17.7. The largest absolute Gasteiger partial charge is 0.550 e. The quantitative estimate of drug-likeness (QED) is 0.118. The lowest BCUT2D eigenvalue weighted by atomic mass is 10.2. The average molecular weight is 536 g/mol. The highest BCUT2D eigenvalue weighted by Gasteiger charge is 2.51. The maximum absolute atomic E-state index is 12.8. The fraction of sp³-hybridized carbons (Fsp3) is 0.500. The van der Waals surface area contributed by atoms with Crippen LogP contribution < -0.4 is 26.4 Å². The van der Waals surface area contributed by atoms with E-state index >= 15 is 0 Å². The number of amides is 6. The zero-order valence-corrected chi connectivity index (χ0v) is 21.5.